The minimum absolute atomic E-state index is 0.102. The largest absolute Gasteiger partial charge is 0.391 e. The lowest BCUT2D eigenvalue weighted by Crippen LogP contribution is -2.42. The molecule has 0 bridgehead atoms. The fourth-order valence-corrected chi connectivity index (χ4v) is 2.45. The van der Waals surface area contributed by atoms with Crippen molar-refractivity contribution in [3.8, 4) is 0 Å². The van der Waals surface area contributed by atoms with Crippen molar-refractivity contribution in [2.24, 2.45) is 5.73 Å². The summed E-state index contributed by atoms with van der Waals surface area (Å²) in [4.78, 5) is 17.8. The Bertz CT molecular complexity index is 380. The van der Waals surface area contributed by atoms with Crippen LogP contribution in [0, 0.1) is 0 Å². The van der Waals surface area contributed by atoms with Crippen molar-refractivity contribution in [1.82, 2.24) is 9.88 Å². The molecular formula is C10H15N3O2S. The van der Waals surface area contributed by atoms with Gasteiger partial charge in [0.05, 0.1) is 6.10 Å². The number of carbonyl (C=O) groups excluding carboxylic acids is 1. The fourth-order valence-electron chi connectivity index (χ4n) is 1.80. The highest BCUT2D eigenvalue weighted by atomic mass is 32.1. The number of thiazole rings is 1. The van der Waals surface area contributed by atoms with Gasteiger partial charge in [-0.1, -0.05) is 0 Å². The summed E-state index contributed by atoms with van der Waals surface area (Å²) in [6.07, 6.45) is 1.22. The van der Waals surface area contributed by atoms with Gasteiger partial charge in [-0.15, -0.1) is 11.3 Å². The predicted molar refractivity (Wildman–Crippen MR) is 61.1 cm³/mol. The molecule has 0 saturated carbocycles. The van der Waals surface area contributed by atoms with Crippen LogP contribution in [0.25, 0.3) is 0 Å². The molecule has 6 heteroatoms. The third-order valence-electron chi connectivity index (χ3n) is 2.63. The Kier molecular flexibility index (Phi) is 3.52. The van der Waals surface area contributed by atoms with Crippen LogP contribution in [0.15, 0.2) is 5.38 Å². The molecule has 88 valence electrons. The maximum absolute atomic E-state index is 12.0. The molecule has 0 unspecified atom stereocenters. The normalized spacial score (nSPS) is 21.1. The number of hydrogen-bond acceptors (Lipinski definition) is 5. The van der Waals surface area contributed by atoms with E-state index < -0.39 is 6.10 Å². The second-order valence-corrected chi connectivity index (χ2v) is 4.82. The Balaban J connectivity index is 2.06. The molecule has 2 heterocycles. The van der Waals surface area contributed by atoms with E-state index in [1.807, 2.05) is 0 Å². The number of nitrogens with two attached hydrogens (primary N) is 1. The number of β-amino-alcohol motifs (C(OH)–C–C–N with tert-alkyl or cyclic N) is 1. The summed E-state index contributed by atoms with van der Waals surface area (Å²) in [6.45, 7) is 1.47. The maximum atomic E-state index is 12.0. The number of aliphatic hydroxyl groups excluding tert-OH is 1. The number of aliphatic hydroxyl groups is 1. The molecule has 5 nitrogen and oxygen atoms in total. The highest BCUT2D eigenvalue weighted by Gasteiger charge is 2.24. The fraction of sp³-hybridized carbons (Fsp3) is 0.600. The lowest BCUT2D eigenvalue weighted by atomic mass is 10.1. The standard InChI is InChI=1S/C10H15N3O2S/c11-4-9-12-8(6-16-9)10(15)13-3-1-2-7(14)5-13/h6-7,14H,1-5,11H2/t7-/m0/s1. The van der Waals surface area contributed by atoms with Crippen molar-refractivity contribution in [2.45, 2.75) is 25.5 Å². The molecule has 16 heavy (non-hydrogen) atoms. The van der Waals surface area contributed by atoms with Crippen molar-refractivity contribution in [1.29, 1.82) is 0 Å². The first-order chi connectivity index (χ1) is 7.70. The highest BCUT2D eigenvalue weighted by Crippen LogP contribution is 2.15. The third kappa shape index (κ3) is 2.40. The van der Waals surface area contributed by atoms with Gasteiger partial charge in [0.15, 0.2) is 0 Å². The first-order valence-electron chi connectivity index (χ1n) is 5.32. The summed E-state index contributed by atoms with van der Waals surface area (Å²) in [7, 11) is 0. The number of amides is 1. The number of carbonyl (C=O) groups is 1. The first-order valence-corrected chi connectivity index (χ1v) is 6.20. The van der Waals surface area contributed by atoms with Crippen LogP contribution < -0.4 is 5.73 Å². The quantitative estimate of drug-likeness (QED) is 0.775. The molecule has 1 aromatic rings. The van der Waals surface area contributed by atoms with Crippen LogP contribution in [0.4, 0.5) is 0 Å². The van der Waals surface area contributed by atoms with Crippen molar-refractivity contribution < 1.29 is 9.90 Å². The Morgan fingerprint density at radius 2 is 2.56 bits per heavy atom. The molecule has 1 amide bonds. The van der Waals surface area contributed by atoms with Gasteiger partial charge in [0, 0.05) is 25.0 Å². The van der Waals surface area contributed by atoms with E-state index in [2.05, 4.69) is 4.98 Å². The molecule has 0 spiro atoms. The molecule has 1 aliphatic heterocycles. The van der Waals surface area contributed by atoms with Crippen LogP contribution in [0.5, 0.6) is 0 Å². The van der Waals surface area contributed by atoms with Crippen molar-refractivity contribution in [2.75, 3.05) is 13.1 Å². The van der Waals surface area contributed by atoms with Crippen LogP contribution in [0.3, 0.4) is 0 Å². The molecule has 0 radical (unpaired) electrons. The van der Waals surface area contributed by atoms with E-state index in [4.69, 9.17) is 5.73 Å². The molecule has 2 rings (SSSR count). The molecule has 0 aliphatic carbocycles. The lowest BCUT2D eigenvalue weighted by molar-refractivity contribution is 0.0469. The van der Waals surface area contributed by atoms with Crippen LogP contribution in [-0.2, 0) is 6.54 Å². The van der Waals surface area contributed by atoms with Gasteiger partial charge in [-0.3, -0.25) is 4.79 Å². The van der Waals surface area contributed by atoms with E-state index in [1.54, 1.807) is 10.3 Å². The molecule has 1 aromatic heterocycles. The molecule has 1 aliphatic rings. The Morgan fingerprint density at radius 1 is 1.75 bits per heavy atom. The van der Waals surface area contributed by atoms with E-state index in [0.29, 0.717) is 25.3 Å². The number of likely N-dealkylation sites (tertiary alicyclic amines) is 1. The van der Waals surface area contributed by atoms with E-state index in [-0.39, 0.29) is 5.91 Å². The first kappa shape index (κ1) is 11.5. The minimum atomic E-state index is -0.398. The molecule has 3 N–H and O–H groups in total. The average Bonchev–Trinajstić information content (AvgIpc) is 2.76. The van der Waals surface area contributed by atoms with Gasteiger partial charge in [-0.2, -0.15) is 0 Å². The Hall–Kier alpha value is -0.980. The molecule has 1 saturated heterocycles. The predicted octanol–water partition coefficient (Wildman–Crippen LogP) is 0.199. The summed E-state index contributed by atoms with van der Waals surface area (Å²) < 4.78 is 0. The minimum Gasteiger partial charge on any atom is -0.391 e. The molecule has 1 fully saturated rings. The molecule has 1 atom stereocenters. The third-order valence-corrected chi connectivity index (χ3v) is 3.50. The number of nitrogens with zero attached hydrogens (tertiary/aromatic N) is 2. The van der Waals surface area contributed by atoms with Crippen LogP contribution >= 0.6 is 11.3 Å². The average molecular weight is 241 g/mol. The van der Waals surface area contributed by atoms with E-state index >= 15 is 0 Å². The van der Waals surface area contributed by atoms with Gasteiger partial charge in [0.25, 0.3) is 5.91 Å². The van der Waals surface area contributed by atoms with E-state index in [0.717, 1.165) is 17.8 Å². The zero-order valence-electron chi connectivity index (χ0n) is 8.93. The van der Waals surface area contributed by atoms with Gasteiger partial charge < -0.3 is 15.7 Å². The Labute approximate surface area is 97.9 Å². The summed E-state index contributed by atoms with van der Waals surface area (Å²) in [5, 5.41) is 12.0. The van der Waals surface area contributed by atoms with Crippen molar-refractivity contribution >= 4 is 17.2 Å². The zero-order valence-corrected chi connectivity index (χ0v) is 9.74. The van der Waals surface area contributed by atoms with Crippen LogP contribution in [-0.4, -0.2) is 40.1 Å². The van der Waals surface area contributed by atoms with Gasteiger partial charge in [-0.05, 0) is 12.8 Å². The SMILES string of the molecule is NCc1nc(C(=O)N2CCC[C@H](O)C2)cs1. The number of aromatic nitrogens is 1. The van der Waals surface area contributed by atoms with Crippen molar-refractivity contribution in [3.63, 3.8) is 0 Å². The number of hydrogen-bond donors (Lipinski definition) is 2. The highest BCUT2D eigenvalue weighted by molar-refractivity contribution is 7.09. The van der Waals surface area contributed by atoms with Gasteiger partial charge in [-0.25, -0.2) is 4.98 Å². The molecule has 0 aromatic carbocycles. The van der Waals surface area contributed by atoms with Gasteiger partial charge >= 0.3 is 0 Å². The summed E-state index contributed by atoms with van der Waals surface area (Å²) in [5.41, 5.74) is 5.89. The van der Waals surface area contributed by atoms with Gasteiger partial charge in [0.2, 0.25) is 0 Å². The summed E-state index contributed by atoms with van der Waals surface area (Å²) in [5.74, 6) is -0.102. The lowest BCUT2D eigenvalue weighted by Gasteiger charge is -2.29. The summed E-state index contributed by atoms with van der Waals surface area (Å²) >= 11 is 1.40. The van der Waals surface area contributed by atoms with Crippen LogP contribution in [0.1, 0.15) is 28.3 Å². The summed E-state index contributed by atoms with van der Waals surface area (Å²) in [6, 6.07) is 0. The van der Waals surface area contributed by atoms with E-state index in [1.165, 1.54) is 11.3 Å². The van der Waals surface area contributed by atoms with Crippen LogP contribution in [0.2, 0.25) is 0 Å². The number of rotatable bonds is 2. The van der Waals surface area contributed by atoms with Crippen molar-refractivity contribution in [3.05, 3.63) is 16.1 Å². The second-order valence-electron chi connectivity index (χ2n) is 3.88. The monoisotopic (exact) mass is 241 g/mol. The smallest absolute Gasteiger partial charge is 0.273 e. The van der Waals surface area contributed by atoms with E-state index in [9.17, 15) is 9.90 Å². The maximum Gasteiger partial charge on any atom is 0.273 e. The zero-order chi connectivity index (χ0) is 11.5. The topological polar surface area (TPSA) is 79.5 Å². The second kappa shape index (κ2) is 4.90. The number of piperidine rings is 1. The molecular weight excluding hydrogens is 226 g/mol. The van der Waals surface area contributed by atoms with Gasteiger partial charge in [0.1, 0.15) is 10.7 Å². The Morgan fingerprint density at radius 3 is 3.19 bits per heavy atom.